The van der Waals surface area contributed by atoms with Gasteiger partial charge in [0.15, 0.2) is 0 Å². The van der Waals surface area contributed by atoms with Crippen LogP contribution in [0.25, 0.3) is 0 Å². The first-order valence-corrected chi connectivity index (χ1v) is 6.17. The van der Waals surface area contributed by atoms with Crippen molar-refractivity contribution in [2.24, 2.45) is 5.41 Å². The van der Waals surface area contributed by atoms with Crippen molar-refractivity contribution in [1.82, 2.24) is 5.32 Å². The Labute approximate surface area is 106 Å². The molecule has 0 fully saturated rings. The van der Waals surface area contributed by atoms with Crippen molar-refractivity contribution in [3.05, 3.63) is 34.3 Å². The lowest BCUT2D eigenvalue weighted by atomic mass is 9.88. The first-order valence-electron chi connectivity index (χ1n) is 5.38. The van der Waals surface area contributed by atoms with E-state index in [1.54, 1.807) is 0 Å². The third-order valence-corrected chi connectivity index (χ3v) is 3.46. The van der Waals surface area contributed by atoms with Gasteiger partial charge in [0.1, 0.15) is 0 Å². The van der Waals surface area contributed by atoms with Crippen LogP contribution in [-0.4, -0.2) is 11.9 Å². The largest absolute Gasteiger partial charge is 0.349 e. The number of carbonyl (C=O) groups is 1. The molecule has 88 valence electrons. The van der Waals surface area contributed by atoms with E-state index >= 15 is 0 Å². The molecular formula is C13H18BrNO. The molecule has 1 aromatic rings. The Morgan fingerprint density at radius 3 is 2.38 bits per heavy atom. The molecule has 0 aromatic heterocycles. The molecule has 0 aliphatic heterocycles. The van der Waals surface area contributed by atoms with Crippen LogP contribution in [0.15, 0.2) is 28.7 Å². The second-order valence-electron chi connectivity index (χ2n) is 5.04. The van der Waals surface area contributed by atoms with Gasteiger partial charge in [0.25, 0.3) is 5.91 Å². The molecule has 1 aromatic carbocycles. The number of halogens is 1. The zero-order valence-electron chi connectivity index (χ0n) is 10.2. The fraction of sp³-hybridized carbons (Fsp3) is 0.462. The third kappa shape index (κ3) is 3.34. The summed E-state index contributed by atoms with van der Waals surface area (Å²) < 4.78 is 0.827. The average Bonchev–Trinajstić information content (AvgIpc) is 2.16. The second-order valence-corrected chi connectivity index (χ2v) is 5.90. The van der Waals surface area contributed by atoms with E-state index in [1.165, 1.54) is 0 Å². The molecule has 0 radical (unpaired) electrons. The first kappa shape index (κ1) is 13.2. The molecule has 1 N–H and O–H groups in total. The zero-order chi connectivity index (χ0) is 12.3. The minimum absolute atomic E-state index is 0.0325. The Kier molecular flexibility index (Phi) is 4.14. The monoisotopic (exact) mass is 283 g/mol. The molecule has 1 atom stereocenters. The molecule has 1 amide bonds. The van der Waals surface area contributed by atoms with Gasteiger partial charge in [-0.2, -0.15) is 0 Å². The summed E-state index contributed by atoms with van der Waals surface area (Å²) in [4.78, 5) is 12.0. The molecule has 2 nitrogen and oxygen atoms in total. The number of benzene rings is 1. The number of carbonyl (C=O) groups excluding carboxylic acids is 1. The Balaban J connectivity index is 2.78. The summed E-state index contributed by atoms with van der Waals surface area (Å²) in [5.41, 5.74) is 0.746. The predicted octanol–water partition coefficient (Wildman–Crippen LogP) is 3.61. The van der Waals surface area contributed by atoms with Gasteiger partial charge in [0.2, 0.25) is 0 Å². The lowest BCUT2D eigenvalue weighted by Crippen LogP contribution is -2.41. The summed E-state index contributed by atoms with van der Waals surface area (Å²) >= 11 is 3.38. The molecule has 16 heavy (non-hydrogen) atoms. The summed E-state index contributed by atoms with van der Waals surface area (Å²) in [5, 5.41) is 3.01. The maximum Gasteiger partial charge on any atom is 0.252 e. The number of hydrogen-bond donors (Lipinski definition) is 1. The molecule has 0 bridgehead atoms. The zero-order valence-corrected chi connectivity index (χ0v) is 11.8. The van der Waals surface area contributed by atoms with Gasteiger partial charge in [-0.05, 0) is 40.4 Å². The van der Waals surface area contributed by atoms with E-state index in [0.717, 1.165) is 4.47 Å². The number of hydrogen-bond acceptors (Lipinski definition) is 1. The second kappa shape index (κ2) is 5.00. The van der Waals surface area contributed by atoms with E-state index in [9.17, 15) is 4.79 Å². The van der Waals surface area contributed by atoms with Crippen LogP contribution in [0.2, 0.25) is 0 Å². The molecule has 0 spiro atoms. The van der Waals surface area contributed by atoms with Crippen molar-refractivity contribution in [2.75, 3.05) is 0 Å². The molecule has 0 saturated carbocycles. The Hall–Kier alpha value is -0.830. The summed E-state index contributed by atoms with van der Waals surface area (Å²) in [6.45, 7) is 8.35. The van der Waals surface area contributed by atoms with Gasteiger partial charge in [-0.1, -0.05) is 32.9 Å². The summed E-state index contributed by atoms with van der Waals surface area (Å²) in [7, 11) is 0. The fourth-order valence-corrected chi connectivity index (χ4v) is 1.60. The number of rotatable bonds is 2. The molecule has 0 aliphatic carbocycles. The minimum Gasteiger partial charge on any atom is -0.349 e. The van der Waals surface area contributed by atoms with Crippen LogP contribution in [0.3, 0.4) is 0 Å². The highest BCUT2D eigenvalue weighted by Gasteiger charge is 2.22. The van der Waals surface area contributed by atoms with Crippen LogP contribution in [0.5, 0.6) is 0 Å². The molecule has 0 aliphatic rings. The van der Waals surface area contributed by atoms with E-state index in [2.05, 4.69) is 42.0 Å². The van der Waals surface area contributed by atoms with Crippen LogP contribution in [0, 0.1) is 5.41 Å². The Bertz CT molecular complexity index is 382. The van der Waals surface area contributed by atoms with Crippen molar-refractivity contribution in [1.29, 1.82) is 0 Å². The van der Waals surface area contributed by atoms with Crippen LogP contribution in [0.4, 0.5) is 0 Å². The smallest absolute Gasteiger partial charge is 0.252 e. The summed E-state index contributed by atoms with van der Waals surface area (Å²) in [5.74, 6) is -0.0325. The van der Waals surface area contributed by atoms with Gasteiger partial charge in [-0.3, -0.25) is 4.79 Å². The van der Waals surface area contributed by atoms with E-state index in [1.807, 2.05) is 31.2 Å². The standard InChI is InChI=1S/C13H18BrNO/c1-9(13(2,3)4)15-12(16)10-7-5-6-8-11(10)14/h5-9H,1-4H3,(H,15,16). The number of nitrogens with one attached hydrogen (secondary N) is 1. The fourth-order valence-electron chi connectivity index (χ4n) is 1.14. The molecule has 0 saturated heterocycles. The van der Waals surface area contributed by atoms with Crippen molar-refractivity contribution >= 4 is 21.8 Å². The summed E-state index contributed by atoms with van der Waals surface area (Å²) in [6.07, 6.45) is 0. The SMILES string of the molecule is CC(NC(=O)c1ccccc1Br)C(C)(C)C. The first-order chi connectivity index (χ1) is 7.32. The number of amides is 1. The van der Waals surface area contributed by atoms with Gasteiger partial charge in [0, 0.05) is 10.5 Å². The van der Waals surface area contributed by atoms with Crippen LogP contribution in [-0.2, 0) is 0 Å². The van der Waals surface area contributed by atoms with Crippen LogP contribution >= 0.6 is 15.9 Å². The van der Waals surface area contributed by atoms with Crippen molar-refractivity contribution < 1.29 is 4.79 Å². The van der Waals surface area contributed by atoms with Crippen molar-refractivity contribution in [3.8, 4) is 0 Å². The van der Waals surface area contributed by atoms with E-state index in [4.69, 9.17) is 0 Å². The van der Waals surface area contributed by atoms with Gasteiger partial charge >= 0.3 is 0 Å². The maximum absolute atomic E-state index is 12.0. The van der Waals surface area contributed by atoms with Gasteiger partial charge in [-0.15, -0.1) is 0 Å². The molecule has 3 heteroatoms. The van der Waals surface area contributed by atoms with E-state index < -0.39 is 0 Å². The molecular weight excluding hydrogens is 266 g/mol. The summed E-state index contributed by atoms with van der Waals surface area (Å²) in [6, 6.07) is 7.58. The highest BCUT2D eigenvalue weighted by molar-refractivity contribution is 9.10. The third-order valence-electron chi connectivity index (χ3n) is 2.77. The Morgan fingerprint density at radius 2 is 1.88 bits per heavy atom. The lowest BCUT2D eigenvalue weighted by Gasteiger charge is -2.28. The lowest BCUT2D eigenvalue weighted by molar-refractivity contribution is 0.0909. The molecule has 0 heterocycles. The highest BCUT2D eigenvalue weighted by atomic mass is 79.9. The Morgan fingerprint density at radius 1 is 1.31 bits per heavy atom. The van der Waals surface area contributed by atoms with E-state index in [-0.39, 0.29) is 17.4 Å². The van der Waals surface area contributed by atoms with Gasteiger partial charge in [0.05, 0.1) is 5.56 Å². The van der Waals surface area contributed by atoms with Crippen LogP contribution < -0.4 is 5.32 Å². The topological polar surface area (TPSA) is 29.1 Å². The van der Waals surface area contributed by atoms with Gasteiger partial charge < -0.3 is 5.32 Å². The highest BCUT2D eigenvalue weighted by Crippen LogP contribution is 2.20. The average molecular weight is 284 g/mol. The molecule has 1 rings (SSSR count). The predicted molar refractivity (Wildman–Crippen MR) is 70.5 cm³/mol. The quantitative estimate of drug-likeness (QED) is 0.883. The normalized spacial score (nSPS) is 13.3. The van der Waals surface area contributed by atoms with E-state index in [0.29, 0.717) is 5.56 Å². The minimum atomic E-state index is -0.0325. The molecule has 1 unspecified atom stereocenters. The van der Waals surface area contributed by atoms with Gasteiger partial charge in [-0.25, -0.2) is 0 Å². The van der Waals surface area contributed by atoms with Crippen molar-refractivity contribution in [2.45, 2.75) is 33.7 Å². The maximum atomic E-state index is 12.0. The van der Waals surface area contributed by atoms with Crippen LogP contribution in [0.1, 0.15) is 38.1 Å². The van der Waals surface area contributed by atoms with Crippen molar-refractivity contribution in [3.63, 3.8) is 0 Å².